The maximum atomic E-state index is 13.3. The number of nitrogens with one attached hydrogen (secondary N) is 1. The maximum Gasteiger partial charge on any atom is 0.137 e. The van der Waals surface area contributed by atoms with Crippen molar-refractivity contribution in [1.82, 2.24) is 0 Å². The predicted molar refractivity (Wildman–Crippen MR) is 72.9 cm³/mol. The van der Waals surface area contributed by atoms with Gasteiger partial charge in [0.15, 0.2) is 0 Å². The fraction of sp³-hybridized carbons (Fsp3) is 0.0769. The molecule has 0 saturated heterocycles. The van der Waals surface area contributed by atoms with Crippen LogP contribution in [-0.2, 0) is 6.54 Å². The Kier molecular flexibility index (Phi) is 4.02. The van der Waals surface area contributed by atoms with E-state index in [1.54, 1.807) is 6.07 Å². The molecule has 2 aromatic carbocycles. The average molecular weight is 315 g/mol. The smallest absolute Gasteiger partial charge is 0.137 e. The highest BCUT2D eigenvalue weighted by Gasteiger charge is 2.00. The summed E-state index contributed by atoms with van der Waals surface area (Å²) in [6, 6.07) is 12.5. The summed E-state index contributed by atoms with van der Waals surface area (Å²) in [4.78, 5) is 0. The molecule has 4 heteroatoms. The number of hydrogen-bond acceptors (Lipinski definition) is 1. The Morgan fingerprint density at radius 2 is 2.00 bits per heavy atom. The van der Waals surface area contributed by atoms with E-state index in [1.165, 1.54) is 6.07 Å². The summed E-state index contributed by atoms with van der Waals surface area (Å²) in [5.74, 6) is -0.254. The van der Waals surface area contributed by atoms with Crippen molar-refractivity contribution in [2.24, 2.45) is 0 Å². The molecular weight excluding hydrogens is 305 g/mol. The van der Waals surface area contributed by atoms with Crippen LogP contribution in [0.1, 0.15) is 5.56 Å². The van der Waals surface area contributed by atoms with E-state index in [1.807, 2.05) is 30.3 Å². The van der Waals surface area contributed by atoms with Crippen LogP contribution in [0, 0.1) is 5.82 Å². The summed E-state index contributed by atoms with van der Waals surface area (Å²) in [5.41, 5.74) is 1.80. The van der Waals surface area contributed by atoms with E-state index in [2.05, 4.69) is 21.2 Å². The Labute approximate surface area is 113 Å². The van der Waals surface area contributed by atoms with Crippen LogP contribution in [-0.4, -0.2) is 0 Å². The Balaban J connectivity index is 2.05. The summed E-state index contributed by atoms with van der Waals surface area (Å²) in [6.07, 6.45) is 0. The Bertz CT molecular complexity index is 531. The number of benzene rings is 2. The molecule has 2 rings (SSSR count). The van der Waals surface area contributed by atoms with Crippen molar-refractivity contribution in [1.29, 1.82) is 0 Å². The van der Waals surface area contributed by atoms with Gasteiger partial charge in [-0.1, -0.05) is 23.7 Å². The van der Waals surface area contributed by atoms with Crippen LogP contribution >= 0.6 is 27.5 Å². The van der Waals surface area contributed by atoms with Crippen LogP contribution < -0.4 is 5.32 Å². The van der Waals surface area contributed by atoms with Gasteiger partial charge in [0.2, 0.25) is 0 Å². The minimum atomic E-state index is -0.254. The topological polar surface area (TPSA) is 12.0 Å². The molecule has 0 amide bonds. The van der Waals surface area contributed by atoms with Crippen molar-refractivity contribution in [3.63, 3.8) is 0 Å². The highest BCUT2D eigenvalue weighted by Crippen LogP contribution is 2.18. The molecule has 1 nitrogen and oxygen atoms in total. The van der Waals surface area contributed by atoms with E-state index >= 15 is 0 Å². The van der Waals surface area contributed by atoms with Crippen LogP contribution in [0.15, 0.2) is 46.9 Å². The lowest BCUT2D eigenvalue weighted by atomic mass is 10.2. The number of rotatable bonds is 3. The first kappa shape index (κ1) is 12.4. The Morgan fingerprint density at radius 1 is 1.18 bits per heavy atom. The van der Waals surface area contributed by atoms with Gasteiger partial charge in [-0.15, -0.1) is 0 Å². The van der Waals surface area contributed by atoms with Gasteiger partial charge in [0.1, 0.15) is 5.82 Å². The van der Waals surface area contributed by atoms with Gasteiger partial charge in [-0.2, -0.15) is 0 Å². The predicted octanol–water partition coefficient (Wildman–Crippen LogP) is 4.85. The Morgan fingerprint density at radius 3 is 2.71 bits per heavy atom. The molecule has 1 N–H and O–H groups in total. The molecular formula is C13H10BrClFN. The summed E-state index contributed by atoms with van der Waals surface area (Å²) in [7, 11) is 0. The van der Waals surface area contributed by atoms with E-state index in [0.717, 1.165) is 11.3 Å². The van der Waals surface area contributed by atoms with Gasteiger partial charge in [-0.25, -0.2) is 4.39 Å². The molecule has 0 bridgehead atoms. The number of halogens is 3. The van der Waals surface area contributed by atoms with Crippen molar-refractivity contribution in [2.75, 3.05) is 5.32 Å². The molecule has 17 heavy (non-hydrogen) atoms. The minimum absolute atomic E-state index is 0.254. The second-order valence-corrected chi connectivity index (χ2v) is 4.90. The molecule has 0 aliphatic carbocycles. The molecule has 0 heterocycles. The largest absolute Gasteiger partial charge is 0.381 e. The van der Waals surface area contributed by atoms with E-state index in [0.29, 0.717) is 16.0 Å². The molecule has 0 unspecified atom stereocenters. The third kappa shape index (κ3) is 3.45. The molecule has 0 atom stereocenters. The quantitative estimate of drug-likeness (QED) is 0.853. The summed E-state index contributed by atoms with van der Waals surface area (Å²) < 4.78 is 13.7. The van der Waals surface area contributed by atoms with Crippen LogP contribution in [0.2, 0.25) is 5.02 Å². The van der Waals surface area contributed by atoms with Crippen LogP contribution in [0.25, 0.3) is 0 Å². The van der Waals surface area contributed by atoms with Crippen molar-refractivity contribution < 1.29 is 4.39 Å². The molecule has 0 saturated carbocycles. The molecule has 0 fully saturated rings. The van der Waals surface area contributed by atoms with Gasteiger partial charge in [-0.3, -0.25) is 0 Å². The third-order valence-corrected chi connectivity index (χ3v) is 3.18. The normalized spacial score (nSPS) is 10.3. The van der Waals surface area contributed by atoms with Gasteiger partial charge in [0, 0.05) is 17.3 Å². The lowest BCUT2D eigenvalue weighted by Crippen LogP contribution is -1.99. The van der Waals surface area contributed by atoms with Crippen LogP contribution in [0.5, 0.6) is 0 Å². The van der Waals surface area contributed by atoms with Gasteiger partial charge in [0.25, 0.3) is 0 Å². The molecule has 0 radical (unpaired) electrons. The van der Waals surface area contributed by atoms with Crippen LogP contribution in [0.4, 0.5) is 10.1 Å². The van der Waals surface area contributed by atoms with Gasteiger partial charge in [0.05, 0.1) is 4.47 Å². The SMILES string of the molecule is Fc1cc(CNc2cccc(Cl)c2)ccc1Br. The van der Waals surface area contributed by atoms with Gasteiger partial charge >= 0.3 is 0 Å². The van der Waals surface area contributed by atoms with Crippen molar-refractivity contribution in [3.05, 3.63) is 63.3 Å². The molecule has 0 spiro atoms. The second kappa shape index (κ2) is 5.52. The zero-order chi connectivity index (χ0) is 12.3. The van der Waals surface area contributed by atoms with Gasteiger partial charge < -0.3 is 5.32 Å². The fourth-order valence-electron chi connectivity index (χ4n) is 1.45. The zero-order valence-electron chi connectivity index (χ0n) is 8.88. The van der Waals surface area contributed by atoms with Crippen molar-refractivity contribution in [3.8, 4) is 0 Å². The lowest BCUT2D eigenvalue weighted by Gasteiger charge is -2.07. The molecule has 0 aliphatic heterocycles. The van der Waals surface area contributed by atoms with E-state index in [9.17, 15) is 4.39 Å². The first-order valence-electron chi connectivity index (χ1n) is 5.08. The second-order valence-electron chi connectivity index (χ2n) is 3.61. The third-order valence-electron chi connectivity index (χ3n) is 2.31. The van der Waals surface area contributed by atoms with Crippen LogP contribution in [0.3, 0.4) is 0 Å². The monoisotopic (exact) mass is 313 g/mol. The highest BCUT2D eigenvalue weighted by molar-refractivity contribution is 9.10. The summed E-state index contributed by atoms with van der Waals surface area (Å²) in [6.45, 7) is 0.560. The standard InChI is InChI=1S/C13H10BrClFN/c14-12-5-4-9(6-13(12)16)8-17-11-3-1-2-10(15)7-11/h1-7,17H,8H2. The zero-order valence-corrected chi connectivity index (χ0v) is 11.2. The number of hydrogen-bond donors (Lipinski definition) is 1. The van der Waals surface area contributed by atoms with Crippen molar-refractivity contribution >= 4 is 33.2 Å². The first-order valence-corrected chi connectivity index (χ1v) is 6.25. The van der Waals surface area contributed by atoms with E-state index in [-0.39, 0.29) is 5.82 Å². The fourth-order valence-corrected chi connectivity index (χ4v) is 1.89. The van der Waals surface area contributed by atoms with E-state index < -0.39 is 0 Å². The molecule has 0 aliphatic rings. The maximum absolute atomic E-state index is 13.3. The molecule has 0 aromatic heterocycles. The minimum Gasteiger partial charge on any atom is -0.381 e. The molecule has 2 aromatic rings. The Hall–Kier alpha value is -1.06. The summed E-state index contributed by atoms with van der Waals surface area (Å²) in [5, 5.41) is 3.86. The highest BCUT2D eigenvalue weighted by atomic mass is 79.9. The van der Waals surface area contributed by atoms with E-state index in [4.69, 9.17) is 11.6 Å². The molecule has 88 valence electrons. The summed E-state index contributed by atoms with van der Waals surface area (Å²) >= 11 is 8.99. The number of anilines is 1. The lowest BCUT2D eigenvalue weighted by molar-refractivity contribution is 0.619. The first-order chi connectivity index (χ1) is 8.15. The van der Waals surface area contributed by atoms with Gasteiger partial charge in [-0.05, 0) is 51.8 Å². The van der Waals surface area contributed by atoms with Crippen molar-refractivity contribution in [2.45, 2.75) is 6.54 Å². The average Bonchev–Trinajstić information content (AvgIpc) is 2.31.